The van der Waals surface area contributed by atoms with E-state index in [1.807, 2.05) is 0 Å². The molecule has 7 nitrogen and oxygen atoms in total. The monoisotopic (exact) mass is 521 g/mol. The van der Waals surface area contributed by atoms with Crippen LogP contribution < -0.4 is 0 Å². The van der Waals surface area contributed by atoms with Crippen LogP contribution in [0.1, 0.15) is 29.5 Å². The van der Waals surface area contributed by atoms with Crippen molar-refractivity contribution in [1.82, 2.24) is 24.8 Å². The maximum absolute atomic E-state index is 13.4. The Morgan fingerprint density at radius 2 is 1.86 bits per heavy atom. The van der Waals surface area contributed by atoms with Crippen LogP contribution in [0.5, 0.6) is 0 Å². The summed E-state index contributed by atoms with van der Waals surface area (Å²) in [7, 11) is 0. The van der Waals surface area contributed by atoms with Crippen molar-refractivity contribution in [3.8, 4) is 0 Å². The van der Waals surface area contributed by atoms with Crippen molar-refractivity contribution in [2.45, 2.75) is 25.6 Å². The average Bonchev–Trinajstić information content (AvgIpc) is 3.52. The van der Waals surface area contributed by atoms with E-state index in [1.165, 1.54) is 21.7 Å². The Morgan fingerprint density at radius 1 is 1.09 bits per heavy atom. The van der Waals surface area contributed by atoms with Gasteiger partial charge in [0.25, 0.3) is 11.1 Å². The topological polar surface area (TPSA) is 71.3 Å². The smallest absolute Gasteiger partial charge is 0.286 e. The number of thioether (sulfide) groups is 1. The van der Waals surface area contributed by atoms with Gasteiger partial charge >= 0.3 is 6.18 Å². The predicted molar refractivity (Wildman–Crippen MR) is 127 cm³/mol. The molecule has 2 fully saturated rings. The van der Waals surface area contributed by atoms with E-state index < -0.39 is 11.7 Å². The van der Waals surface area contributed by atoms with Crippen LogP contribution in [0.4, 0.5) is 18.0 Å². The van der Waals surface area contributed by atoms with Crippen LogP contribution in [0, 0.1) is 0 Å². The van der Waals surface area contributed by atoms with Crippen LogP contribution >= 0.6 is 23.4 Å². The summed E-state index contributed by atoms with van der Waals surface area (Å²) in [4.78, 5) is 28.8. The number of amides is 2. The predicted octanol–water partition coefficient (Wildman–Crippen LogP) is 5.24. The Labute approximate surface area is 207 Å². The van der Waals surface area contributed by atoms with E-state index in [2.05, 4.69) is 15.2 Å². The summed E-state index contributed by atoms with van der Waals surface area (Å²) in [5, 5.41) is 7.79. The first-order valence-corrected chi connectivity index (χ1v) is 12.0. The van der Waals surface area contributed by atoms with Gasteiger partial charge in [0.2, 0.25) is 0 Å². The minimum absolute atomic E-state index is 0.000917. The van der Waals surface area contributed by atoms with E-state index in [0.717, 1.165) is 43.8 Å². The molecule has 5 rings (SSSR count). The second-order valence-corrected chi connectivity index (χ2v) is 9.80. The van der Waals surface area contributed by atoms with Crippen LogP contribution in [0.25, 0.3) is 17.1 Å². The lowest BCUT2D eigenvalue weighted by Gasteiger charge is -2.20. The lowest BCUT2D eigenvalue weighted by Crippen LogP contribution is -2.38. The van der Waals surface area contributed by atoms with Crippen molar-refractivity contribution in [3.63, 3.8) is 0 Å². The molecule has 0 atom stereocenters. The molecule has 2 aliphatic rings. The zero-order chi connectivity index (χ0) is 24.7. The summed E-state index contributed by atoms with van der Waals surface area (Å²) in [6.45, 7) is 1.89. The molecule has 2 aliphatic heterocycles. The fraction of sp³-hybridized carbons (Fsp3) is 0.304. The number of hydrogen-bond acceptors (Lipinski definition) is 6. The number of hydrogen-bond donors (Lipinski definition) is 0. The molecule has 0 saturated carbocycles. The van der Waals surface area contributed by atoms with Gasteiger partial charge in [-0.25, -0.2) is 4.68 Å². The van der Waals surface area contributed by atoms with Crippen LogP contribution in [0.2, 0.25) is 5.02 Å². The molecule has 0 N–H and O–H groups in total. The molecular formula is C23H19ClF3N5O2S. The van der Waals surface area contributed by atoms with Gasteiger partial charge in [-0.05, 0) is 79.2 Å². The van der Waals surface area contributed by atoms with E-state index in [1.54, 1.807) is 24.3 Å². The third-order valence-corrected chi connectivity index (χ3v) is 7.09. The fourth-order valence-electron chi connectivity index (χ4n) is 4.20. The quantitative estimate of drug-likeness (QED) is 0.428. The number of benzene rings is 2. The zero-order valence-corrected chi connectivity index (χ0v) is 19.8. The maximum atomic E-state index is 13.4. The van der Waals surface area contributed by atoms with E-state index >= 15 is 0 Å². The number of carbonyl (C=O) groups excluding carboxylic acids is 2. The summed E-state index contributed by atoms with van der Waals surface area (Å²) in [6, 6.07) is 8.69. The summed E-state index contributed by atoms with van der Waals surface area (Å²) in [5.41, 5.74) is 0.822. The Kier molecular flexibility index (Phi) is 6.32. The molecular weight excluding hydrogens is 503 g/mol. The van der Waals surface area contributed by atoms with Crippen molar-refractivity contribution in [3.05, 3.63) is 63.0 Å². The Balaban J connectivity index is 1.37. The first-order valence-electron chi connectivity index (χ1n) is 10.9. The number of fused-ring (bicyclic) bond motifs is 1. The van der Waals surface area contributed by atoms with E-state index in [-0.39, 0.29) is 28.3 Å². The highest BCUT2D eigenvalue weighted by molar-refractivity contribution is 8.18. The number of halogens is 4. The highest BCUT2D eigenvalue weighted by atomic mass is 35.5. The van der Waals surface area contributed by atoms with Gasteiger partial charge in [-0.15, -0.1) is 5.10 Å². The molecule has 3 heterocycles. The standard InChI is InChI=1S/C23H19ClF3N5O2S/c24-16-5-4-15(17(11-16)23(25,26)27)12-32-19-6-3-14(9-18(19)28-29-32)10-20-21(33)31(22(34)35-20)13-30-7-1-2-8-30/h3-6,9-11H,1-2,7-8,12-13H2. The average molecular weight is 522 g/mol. The van der Waals surface area contributed by atoms with Gasteiger partial charge < -0.3 is 0 Å². The van der Waals surface area contributed by atoms with Crippen molar-refractivity contribution in [1.29, 1.82) is 0 Å². The van der Waals surface area contributed by atoms with E-state index in [9.17, 15) is 22.8 Å². The number of likely N-dealkylation sites (tertiary alicyclic amines) is 1. The molecule has 3 aromatic rings. The molecule has 2 amide bonds. The molecule has 2 saturated heterocycles. The molecule has 12 heteroatoms. The molecule has 0 unspecified atom stereocenters. The maximum Gasteiger partial charge on any atom is 0.416 e. The molecule has 0 spiro atoms. The Morgan fingerprint density at radius 3 is 2.60 bits per heavy atom. The van der Waals surface area contributed by atoms with Gasteiger partial charge in [0, 0.05) is 5.02 Å². The summed E-state index contributed by atoms with van der Waals surface area (Å²) in [5.74, 6) is -0.335. The number of aromatic nitrogens is 3. The van der Waals surface area contributed by atoms with Gasteiger partial charge in [0.15, 0.2) is 0 Å². The number of carbonyl (C=O) groups is 2. The zero-order valence-electron chi connectivity index (χ0n) is 18.3. The second-order valence-electron chi connectivity index (χ2n) is 8.37. The number of nitrogens with zero attached hydrogens (tertiary/aromatic N) is 5. The van der Waals surface area contributed by atoms with Gasteiger partial charge in [-0.3, -0.25) is 19.4 Å². The van der Waals surface area contributed by atoms with Crippen LogP contribution in [-0.4, -0.2) is 55.7 Å². The van der Waals surface area contributed by atoms with Gasteiger partial charge in [-0.1, -0.05) is 28.9 Å². The van der Waals surface area contributed by atoms with Gasteiger partial charge in [0.1, 0.15) is 5.52 Å². The highest BCUT2D eigenvalue weighted by Gasteiger charge is 2.36. The Bertz CT molecular complexity index is 1350. The lowest BCUT2D eigenvalue weighted by molar-refractivity contribution is -0.138. The fourth-order valence-corrected chi connectivity index (χ4v) is 5.21. The van der Waals surface area contributed by atoms with Crippen LogP contribution in [-0.2, 0) is 17.5 Å². The van der Waals surface area contributed by atoms with Crippen LogP contribution in [0.15, 0.2) is 41.3 Å². The second kappa shape index (κ2) is 9.29. The number of alkyl halides is 3. The van der Waals surface area contributed by atoms with E-state index in [4.69, 9.17) is 11.6 Å². The van der Waals surface area contributed by atoms with Crippen molar-refractivity contribution < 1.29 is 22.8 Å². The largest absolute Gasteiger partial charge is 0.416 e. The summed E-state index contributed by atoms with van der Waals surface area (Å²) >= 11 is 6.66. The van der Waals surface area contributed by atoms with E-state index in [0.29, 0.717) is 28.2 Å². The molecule has 182 valence electrons. The lowest BCUT2D eigenvalue weighted by atomic mass is 10.1. The normalized spacial score (nSPS) is 18.5. The van der Waals surface area contributed by atoms with Crippen molar-refractivity contribution >= 4 is 51.6 Å². The third-order valence-electron chi connectivity index (χ3n) is 5.95. The molecule has 2 aromatic carbocycles. The van der Waals surface area contributed by atoms with Gasteiger partial charge in [-0.2, -0.15) is 13.2 Å². The minimum Gasteiger partial charge on any atom is -0.286 e. The molecule has 1 aromatic heterocycles. The minimum atomic E-state index is -4.55. The first kappa shape index (κ1) is 23.8. The number of rotatable bonds is 5. The van der Waals surface area contributed by atoms with Gasteiger partial charge in [0.05, 0.1) is 29.2 Å². The highest BCUT2D eigenvalue weighted by Crippen LogP contribution is 2.35. The molecule has 35 heavy (non-hydrogen) atoms. The first-order chi connectivity index (χ1) is 16.7. The van der Waals surface area contributed by atoms with Crippen molar-refractivity contribution in [2.75, 3.05) is 19.8 Å². The molecule has 0 bridgehead atoms. The number of imide groups is 1. The third kappa shape index (κ3) is 4.93. The van der Waals surface area contributed by atoms with Crippen molar-refractivity contribution in [2.24, 2.45) is 0 Å². The Hall–Kier alpha value is -2.89. The molecule has 0 aliphatic carbocycles. The SMILES string of the molecule is O=C1SC(=Cc2ccc3c(c2)nnn3Cc2ccc(Cl)cc2C(F)(F)F)C(=O)N1CN1CCCC1. The summed E-state index contributed by atoms with van der Waals surface area (Å²) < 4.78 is 41.7. The molecule has 0 radical (unpaired) electrons. The van der Waals surface area contributed by atoms with Crippen LogP contribution in [0.3, 0.4) is 0 Å². The summed E-state index contributed by atoms with van der Waals surface area (Å²) in [6.07, 6.45) is -0.819.